The van der Waals surface area contributed by atoms with Crippen molar-refractivity contribution < 1.29 is 23.7 Å². The van der Waals surface area contributed by atoms with E-state index in [0.29, 0.717) is 29.6 Å². The van der Waals surface area contributed by atoms with Crippen molar-refractivity contribution in [3.05, 3.63) is 18.2 Å². The van der Waals surface area contributed by atoms with Gasteiger partial charge in [-0.1, -0.05) is 0 Å². The van der Waals surface area contributed by atoms with Crippen LogP contribution in [0.2, 0.25) is 0 Å². The van der Waals surface area contributed by atoms with E-state index in [0.717, 1.165) is 58.8 Å². The summed E-state index contributed by atoms with van der Waals surface area (Å²) in [4.78, 5) is 15.1. The maximum Gasteiger partial charge on any atom is 0.319 e. The molecule has 2 atom stereocenters. The molecule has 2 aliphatic heterocycles. The quantitative estimate of drug-likeness (QED) is 0.656. The number of urea groups is 1. The highest BCUT2D eigenvalue weighted by molar-refractivity contribution is 5.89. The van der Waals surface area contributed by atoms with Crippen LogP contribution in [0.15, 0.2) is 18.2 Å². The van der Waals surface area contributed by atoms with Crippen LogP contribution in [0, 0.1) is 5.92 Å². The molecule has 0 spiro atoms. The maximum atomic E-state index is 12.7. The van der Waals surface area contributed by atoms with Gasteiger partial charge in [0, 0.05) is 50.0 Å². The van der Waals surface area contributed by atoms with Crippen molar-refractivity contribution in [2.45, 2.75) is 44.2 Å². The Morgan fingerprint density at radius 2 is 1.94 bits per heavy atom. The number of carbonyl (C=O) groups excluding carboxylic acids is 1. The Kier molecular flexibility index (Phi) is 7.88. The molecule has 2 N–H and O–H groups in total. The molecule has 172 valence electrons. The molecular formula is C23H35N3O5. The Morgan fingerprint density at radius 1 is 1.13 bits per heavy atom. The fourth-order valence-corrected chi connectivity index (χ4v) is 4.76. The van der Waals surface area contributed by atoms with E-state index in [1.807, 2.05) is 18.2 Å². The van der Waals surface area contributed by atoms with Gasteiger partial charge in [-0.15, -0.1) is 0 Å². The van der Waals surface area contributed by atoms with Gasteiger partial charge in [-0.05, 0) is 44.2 Å². The summed E-state index contributed by atoms with van der Waals surface area (Å²) in [6, 6.07) is 5.57. The number of benzene rings is 1. The smallest absolute Gasteiger partial charge is 0.319 e. The number of hydrogen-bond acceptors (Lipinski definition) is 6. The van der Waals surface area contributed by atoms with Crippen LogP contribution in [-0.4, -0.2) is 76.2 Å². The van der Waals surface area contributed by atoms with E-state index in [9.17, 15) is 4.79 Å². The highest BCUT2D eigenvalue weighted by Crippen LogP contribution is 2.34. The number of hydrogen-bond donors (Lipinski definition) is 2. The summed E-state index contributed by atoms with van der Waals surface area (Å²) in [7, 11) is 1.63. The number of ether oxygens (including phenoxy) is 4. The highest BCUT2D eigenvalue weighted by Gasteiger charge is 2.31. The molecule has 1 aromatic rings. The van der Waals surface area contributed by atoms with Crippen LogP contribution in [-0.2, 0) is 9.47 Å². The molecule has 0 unspecified atom stereocenters. The third kappa shape index (κ3) is 6.02. The van der Waals surface area contributed by atoms with Gasteiger partial charge in [0.25, 0.3) is 0 Å². The van der Waals surface area contributed by atoms with E-state index in [2.05, 4.69) is 15.5 Å². The highest BCUT2D eigenvalue weighted by atomic mass is 16.5. The zero-order valence-corrected chi connectivity index (χ0v) is 18.4. The molecule has 1 aliphatic carbocycles. The zero-order chi connectivity index (χ0) is 21.5. The van der Waals surface area contributed by atoms with Gasteiger partial charge in [0.1, 0.15) is 0 Å². The molecule has 4 rings (SSSR count). The molecule has 2 amide bonds. The van der Waals surface area contributed by atoms with Gasteiger partial charge in [0.05, 0.1) is 33.0 Å². The number of carbonyl (C=O) groups is 1. The lowest BCUT2D eigenvalue weighted by atomic mass is 9.97. The first-order valence-corrected chi connectivity index (χ1v) is 11.5. The molecular weight excluding hydrogens is 398 g/mol. The molecule has 1 aromatic carbocycles. The summed E-state index contributed by atoms with van der Waals surface area (Å²) in [5.74, 6) is 1.80. The Hall–Kier alpha value is -2.03. The molecule has 8 nitrogen and oxygen atoms in total. The van der Waals surface area contributed by atoms with Crippen LogP contribution in [0.25, 0.3) is 0 Å². The van der Waals surface area contributed by atoms with E-state index in [4.69, 9.17) is 18.9 Å². The average Bonchev–Trinajstić information content (AvgIpc) is 3.50. The summed E-state index contributed by atoms with van der Waals surface area (Å²) in [5, 5.41) is 6.01. The molecule has 0 bridgehead atoms. The zero-order valence-electron chi connectivity index (χ0n) is 18.4. The second kappa shape index (κ2) is 11.0. The van der Waals surface area contributed by atoms with Crippen LogP contribution in [0.3, 0.4) is 0 Å². The minimum atomic E-state index is -0.214. The Bertz CT molecular complexity index is 713. The third-order valence-corrected chi connectivity index (χ3v) is 6.51. The SMILES string of the molecule is COc1ccc(NC(=O)NC[C@H]([C@@H]2CCOC2)N2CCOCC2)cc1OC1CCCC1. The van der Waals surface area contributed by atoms with Crippen molar-refractivity contribution >= 4 is 11.7 Å². The van der Waals surface area contributed by atoms with Crippen molar-refractivity contribution in [2.24, 2.45) is 5.92 Å². The van der Waals surface area contributed by atoms with E-state index >= 15 is 0 Å². The lowest BCUT2D eigenvalue weighted by Crippen LogP contribution is -2.52. The molecule has 0 radical (unpaired) electrons. The fourth-order valence-electron chi connectivity index (χ4n) is 4.76. The molecule has 3 fully saturated rings. The van der Waals surface area contributed by atoms with E-state index in [-0.39, 0.29) is 18.2 Å². The number of rotatable bonds is 8. The molecule has 31 heavy (non-hydrogen) atoms. The fraction of sp³-hybridized carbons (Fsp3) is 0.696. The number of amides is 2. The number of methoxy groups -OCH3 is 1. The summed E-state index contributed by atoms with van der Waals surface area (Å²) in [5.41, 5.74) is 0.693. The van der Waals surface area contributed by atoms with Gasteiger partial charge in [0.2, 0.25) is 0 Å². The average molecular weight is 434 g/mol. The van der Waals surface area contributed by atoms with Crippen molar-refractivity contribution in [1.82, 2.24) is 10.2 Å². The van der Waals surface area contributed by atoms with Crippen molar-refractivity contribution in [2.75, 3.05) is 58.5 Å². The molecule has 3 aliphatic rings. The first-order valence-electron chi connectivity index (χ1n) is 11.5. The van der Waals surface area contributed by atoms with E-state index < -0.39 is 0 Å². The van der Waals surface area contributed by atoms with Crippen LogP contribution >= 0.6 is 0 Å². The molecule has 8 heteroatoms. The van der Waals surface area contributed by atoms with Crippen molar-refractivity contribution in [3.63, 3.8) is 0 Å². The largest absolute Gasteiger partial charge is 0.493 e. The lowest BCUT2D eigenvalue weighted by Gasteiger charge is -2.37. The summed E-state index contributed by atoms with van der Waals surface area (Å²) in [6.45, 7) is 5.41. The van der Waals surface area contributed by atoms with Crippen LogP contribution in [0.4, 0.5) is 10.5 Å². The maximum absolute atomic E-state index is 12.7. The summed E-state index contributed by atoms with van der Waals surface area (Å²) < 4.78 is 22.7. The van der Waals surface area contributed by atoms with Gasteiger partial charge < -0.3 is 29.6 Å². The predicted octanol–water partition coefficient (Wildman–Crippen LogP) is 2.88. The first-order chi connectivity index (χ1) is 15.2. The standard InChI is InChI=1S/C23H35N3O5/c1-28-21-7-6-18(14-22(21)31-19-4-2-3-5-19)25-23(27)24-15-20(17-8-11-30-16-17)26-9-12-29-13-10-26/h6-7,14,17,19-20H,2-5,8-13,15-16H2,1H3,(H2,24,25,27)/t17-,20-/m1/s1. The lowest BCUT2D eigenvalue weighted by molar-refractivity contribution is 0.00222. The van der Waals surface area contributed by atoms with Crippen LogP contribution in [0.5, 0.6) is 11.5 Å². The minimum absolute atomic E-state index is 0.214. The van der Waals surface area contributed by atoms with Crippen LogP contribution in [0.1, 0.15) is 32.1 Å². The topological polar surface area (TPSA) is 81.3 Å². The third-order valence-electron chi connectivity index (χ3n) is 6.51. The van der Waals surface area contributed by atoms with Crippen molar-refractivity contribution in [1.29, 1.82) is 0 Å². The van der Waals surface area contributed by atoms with Gasteiger partial charge >= 0.3 is 6.03 Å². The first kappa shape index (κ1) is 22.2. The number of morpholine rings is 1. The molecule has 1 saturated carbocycles. The minimum Gasteiger partial charge on any atom is -0.493 e. The second-order valence-electron chi connectivity index (χ2n) is 8.56. The van der Waals surface area contributed by atoms with Gasteiger partial charge in [0.15, 0.2) is 11.5 Å². The Balaban J connectivity index is 1.34. The molecule has 0 aromatic heterocycles. The van der Waals surface area contributed by atoms with Gasteiger partial charge in [-0.2, -0.15) is 0 Å². The second-order valence-corrected chi connectivity index (χ2v) is 8.56. The van der Waals surface area contributed by atoms with Gasteiger partial charge in [-0.3, -0.25) is 4.90 Å². The number of nitrogens with one attached hydrogen (secondary N) is 2. The normalized spacial score (nSPS) is 23.5. The molecule has 2 saturated heterocycles. The Labute approximate surface area is 184 Å². The van der Waals surface area contributed by atoms with Crippen molar-refractivity contribution in [3.8, 4) is 11.5 Å². The Morgan fingerprint density at radius 3 is 2.65 bits per heavy atom. The van der Waals surface area contributed by atoms with Gasteiger partial charge in [-0.25, -0.2) is 4.79 Å². The van der Waals surface area contributed by atoms with Crippen LogP contribution < -0.4 is 20.1 Å². The van der Waals surface area contributed by atoms with E-state index in [1.54, 1.807) is 7.11 Å². The number of nitrogens with zero attached hydrogens (tertiary/aromatic N) is 1. The monoisotopic (exact) mass is 433 g/mol. The summed E-state index contributed by atoms with van der Waals surface area (Å²) >= 11 is 0. The summed E-state index contributed by atoms with van der Waals surface area (Å²) in [6.07, 6.45) is 5.78. The van der Waals surface area contributed by atoms with E-state index in [1.165, 1.54) is 12.8 Å². The molecule has 2 heterocycles. The number of anilines is 1. The predicted molar refractivity (Wildman–Crippen MR) is 118 cm³/mol.